The number of aromatic amines is 1. The van der Waals surface area contributed by atoms with Gasteiger partial charge in [-0.2, -0.15) is 4.98 Å². The maximum absolute atomic E-state index is 5.03. The molecule has 2 aromatic heterocycles. The van der Waals surface area contributed by atoms with Crippen LogP contribution in [0.2, 0.25) is 0 Å². The molecule has 0 amide bonds. The number of aromatic nitrogens is 4. The van der Waals surface area contributed by atoms with Gasteiger partial charge in [0.25, 0.3) is 0 Å². The molecule has 18 heavy (non-hydrogen) atoms. The molecule has 0 aliphatic carbocycles. The van der Waals surface area contributed by atoms with Crippen LogP contribution in [0.3, 0.4) is 0 Å². The lowest BCUT2D eigenvalue weighted by Gasteiger charge is -2.02. The monoisotopic (exact) mass is 240 g/mol. The summed E-state index contributed by atoms with van der Waals surface area (Å²) < 4.78 is 5.03. The van der Waals surface area contributed by atoms with Gasteiger partial charge in [-0.1, -0.05) is 6.07 Å². The van der Waals surface area contributed by atoms with E-state index in [-0.39, 0.29) is 0 Å². The number of benzene rings is 1. The molecule has 3 aromatic rings. The van der Waals surface area contributed by atoms with Crippen LogP contribution in [0.25, 0.3) is 22.3 Å². The minimum absolute atomic E-state index is 0.369. The zero-order valence-corrected chi connectivity index (χ0v) is 10.1. The Labute approximate surface area is 104 Å². The molecule has 90 valence electrons. The predicted octanol–water partition coefficient (Wildman–Crippen LogP) is 2.34. The Morgan fingerprint density at radius 3 is 2.89 bits per heavy atom. The standard InChI is InChI=1S/C13H12N4O/c1-8-15-11-4-3-9(7-12(11)16-8)10-5-6-14-13(17-10)18-2/h3-7H,1-2H3,(H,15,16). The van der Waals surface area contributed by atoms with E-state index < -0.39 is 0 Å². The van der Waals surface area contributed by atoms with Crippen molar-refractivity contribution in [3.63, 3.8) is 0 Å². The number of hydrogen-bond donors (Lipinski definition) is 1. The molecule has 0 unspecified atom stereocenters. The van der Waals surface area contributed by atoms with Crippen molar-refractivity contribution in [1.29, 1.82) is 0 Å². The summed E-state index contributed by atoms with van der Waals surface area (Å²) in [6.07, 6.45) is 1.68. The highest BCUT2D eigenvalue weighted by molar-refractivity contribution is 5.81. The van der Waals surface area contributed by atoms with Gasteiger partial charge in [-0.25, -0.2) is 9.97 Å². The van der Waals surface area contributed by atoms with Gasteiger partial charge >= 0.3 is 6.01 Å². The van der Waals surface area contributed by atoms with E-state index in [2.05, 4.69) is 19.9 Å². The normalized spacial score (nSPS) is 10.8. The van der Waals surface area contributed by atoms with Crippen LogP contribution < -0.4 is 4.74 Å². The zero-order valence-electron chi connectivity index (χ0n) is 10.1. The van der Waals surface area contributed by atoms with Crippen molar-refractivity contribution in [2.24, 2.45) is 0 Å². The minimum Gasteiger partial charge on any atom is -0.467 e. The van der Waals surface area contributed by atoms with Gasteiger partial charge in [-0.15, -0.1) is 0 Å². The summed E-state index contributed by atoms with van der Waals surface area (Å²) in [5.41, 5.74) is 3.79. The summed E-state index contributed by atoms with van der Waals surface area (Å²) >= 11 is 0. The number of imidazole rings is 1. The van der Waals surface area contributed by atoms with Crippen LogP contribution in [0.15, 0.2) is 30.5 Å². The minimum atomic E-state index is 0.369. The van der Waals surface area contributed by atoms with E-state index in [1.807, 2.05) is 31.2 Å². The van der Waals surface area contributed by atoms with Gasteiger partial charge in [0.15, 0.2) is 0 Å². The van der Waals surface area contributed by atoms with Crippen LogP contribution in [-0.2, 0) is 0 Å². The van der Waals surface area contributed by atoms with Gasteiger partial charge in [0.2, 0.25) is 0 Å². The van der Waals surface area contributed by atoms with E-state index in [1.54, 1.807) is 13.3 Å². The molecule has 0 saturated heterocycles. The van der Waals surface area contributed by atoms with Crippen molar-refractivity contribution < 1.29 is 4.74 Å². The molecule has 0 bridgehead atoms. The third-order valence-corrected chi connectivity index (χ3v) is 2.71. The average Bonchev–Trinajstić information content (AvgIpc) is 2.77. The molecule has 5 nitrogen and oxygen atoms in total. The molecule has 0 radical (unpaired) electrons. The zero-order chi connectivity index (χ0) is 12.5. The fraction of sp³-hybridized carbons (Fsp3) is 0.154. The number of H-pyrrole nitrogens is 1. The summed E-state index contributed by atoms with van der Waals surface area (Å²) in [6.45, 7) is 1.94. The second-order valence-electron chi connectivity index (χ2n) is 3.98. The molecule has 0 fully saturated rings. The number of aryl methyl sites for hydroxylation is 1. The predicted molar refractivity (Wildman–Crippen MR) is 68.4 cm³/mol. The quantitative estimate of drug-likeness (QED) is 0.746. The summed E-state index contributed by atoms with van der Waals surface area (Å²) in [5.74, 6) is 0.905. The van der Waals surface area contributed by atoms with E-state index in [1.165, 1.54) is 0 Å². The number of nitrogens with one attached hydrogen (secondary N) is 1. The molecule has 1 aromatic carbocycles. The van der Waals surface area contributed by atoms with Crippen molar-refractivity contribution >= 4 is 11.0 Å². The van der Waals surface area contributed by atoms with Crippen LogP contribution in [0.1, 0.15) is 5.82 Å². The van der Waals surface area contributed by atoms with Crippen molar-refractivity contribution in [3.05, 3.63) is 36.3 Å². The van der Waals surface area contributed by atoms with E-state index >= 15 is 0 Å². The first-order valence-electron chi connectivity index (χ1n) is 5.60. The van der Waals surface area contributed by atoms with Crippen LogP contribution in [0, 0.1) is 6.92 Å². The summed E-state index contributed by atoms with van der Waals surface area (Å²) in [4.78, 5) is 15.9. The SMILES string of the molecule is COc1nccc(-c2ccc3nc(C)[nH]c3c2)n1. The molecule has 2 heterocycles. The Morgan fingerprint density at radius 1 is 1.17 bits per heavy atom. The summed E-state index contributed by atoms with van der Waals surface area (Å²) in [7, 11) is 1.56. The smallest absolute Gasteiger partial charge is 0.316 e. The molecule has 1 N–H and O–H groups in total. The molecule has 5 heteroatoms. The van der Waals surface area contributed by atoms with E-state index in [4.69, 9.17) is 4.74 Å². The van der Waals surface area contributed by atoms with Crippen LogP contribution in [0.5, 0.6) is 6.01 Å². The Hall–Kier alpha value is -2.43. The summed E-state index contributed by atoms with van der Waals surface area (Å²) in [6, 6.07) is 8.21. The number of rotatable bonds is 2. The molecular weight excluding hydrogens is 228 g/mol. The van der Waals surface area contributed by atoms with Crippen molar-refractivity contribution in [1.82, 2.24) is 19.9 Å². The molecule has 0 atom stereocenters. The van der Waals surface area contributed by atoms with Gasteiger partial charge < -0.3 is 9.72 Å². The number of methoxy groups -OCH3 is 1. The first-order chi connectivity index (χ1) is 8.76. The molecular formula is C13H12N4O. The Balaban J connectivity index is 2.12. The van der Waals surface area contributed by atoms with Gasteiger partial charge in [-0.3, -0.25) is 0 Å². The Kier molecular flexibility index (Phi) is 2.44. The Morgan fingerprint density at radius 2 is 2.06 bits per heavy atom. The average molecular weight is 240 g/mol. The lowest BCUT2D eigenvalue weighted by molar-refractivity contribution is 0.380. The third kappa shape index (κ3) is 1.79. The first kappa shape index (κ1) is 10.7. The second-order valence-corrected chi connectivity index (χ2v) is 3.98. The Bertz CT molecular complexity index is 705. The van der Waals surface area contributed by atoms with Crippen LogP contribution >= 0.6 is 0 Å². The molecule has 3 rings (SSSR count). The lowest BCUT2D eigenvalue weighted by atomic mass is 10.1. The maximum atomic E-state index is 5.03. The maximum Gasteiger partial charge on any atom is 0.316 e. The van der Waals surface area contributed by atoms with Crippen molar-refractivity contribution in [3.8, 4) is 17.3 Å². The number of hydrogen-bond acceptors (Lipinski definition) is 4. The van der Waals surface area contributed by atoms with Gasteiger partial charge in [-0.05, 0) is 25.1 Å². The fourth-order valence-corrected chi connectivity index (χ4v) is 1.90. The largest absolute Gasteiger partial charge is 0.467 e. The number of nitrogens with zero attached hydrogens (tertiary/aromatic N) is 3. The van der Waals surface area contributed by atoms with Crippen molar-refractivity contribution in [2.45, 2.75) is 6.92 Å². The topological polar surface area (TPSA) is 63.7 Å². The van der Waals surface area contributed by atoms with Crippen molar-refractivity contribution in [2.75, 3.05) is 7.11 Å². The number of ether oxygens (including phenoxy) is 1. The van der Waals surface area contributed by atoms with Gasteiger partial charge in [0, 0.05) is 11.8 Å². The molecule has 0 saturated carbocycles. The fourth-order valence-electron chi connectivity index (χ4n) is 1.90. The van der Waals surface area contributed by atoms with E-state index in [9.17, 15) is 0 Å². The summed E-state index contributed by atoms with van der Waals surface area (Å²) in [5, 5.41) is 0. The van der Waals surface area contributed by atoms with Crippen LogP contribution in [-0.4, -0.2) is 27.0 Å². The van der Waals surface area contributed by atoms with Gasteiger partial charge in [0.05, 0.1) is 23.8 Å². The van der Waals surface area contributed by atoms with E-state index in [0.29, 0.717) is 6.01 Å². The highest BCUT2D eigenvalue weighted by Gasteiger charge is 2.05. The highest BCUT2D eigenvalue weighted by atomic mass is 16.5. The van der Waals surface area contributed by atoms with E-state index in [0.717, 1.165) is 28.1 Å². The first-order valence-corrected chi connectivity index (χ1v) is 5.60. The third-order valence-electron chi connectivity index (χ3n) is 2.71. The van der Waals surface area contributed by atoms with Gasteiger partial charge in [0.1, 0.15) is 5.82 Å². The number of fused-ring (bicyclic) bond motifs is 1. The molecule has 0 spiro atoms. The molecule has 0 aliphatic heterocycles. The van der Waals surface area contributed by atoms with Crippen LogP contribution in [0.4, 0.5) is 0 Å². The second kappa shape index (κ2) is 4.10. The highest BCUT2D eigenvalue weighted by Crippen LogP contribution is 2.22. The molecule has 0 aliphatic rings. The lowest BCUT2D eigenvalue weighted by Crippen LogP contribution is -1.92.